The SMILES string of the molecule is CC(=O)c1sc(C2=CCC=CN=C2)nc1C. The minimum Gasteiger partial charge on any atom is -0.294 e. The molecule has 0 radical (unpaired) electrons. The normalized spacial score (nSPS) is 14.8. The zero-order chi connectivity index (χ0) is 11.5. The highest BCUT2D eigenvalue weighted by Gasteiger charge is 2.13. The van der Waals surface area contributed by atoms with Crippen LogP contribution in [0.2, 0.25) is 0 Å². The lowest BCUT2D eigenvalue weighted by Gasteiger charge is -1.92. The largest absolute Gasteiger partial charge is 0.294 e. The number of rotatable bonds is 2. The molecule has 0 saturated heterocycles. The molecule has 4 heteroatoms. The molecule has 82 valence electrons. The summed E-state index contributed by atoms with van der Waals surface area (Å²) in [5.41, 5.74) is 1.80. The van der Waals surface area contributed by atoms with Crippen LogP contribution in [0.4, 0.5) is 0 Å². The van der Waals surface area contributed by atoms with Crippen LogP contribution < -0.4 is 0 Å². The molecule has 3 nitrogen and oxygen atoms in total. The predicted molar refractivity (Wildman–Crippen MR) is 67.1 cm³/mol. The van der Waals surface area contributed by atoms with Crippen LogP contribution in [-0.2, 0) is 0 Å². The summed E-state index contributed by atoms with van der Waals surface area (Å²) in [4.78, 5) is 20.6. The predicted octanol–water partition coefficient (Wildman–Crippen LogP) is 3.03. The van der Waals surface area contributed by atoms with Crippen LogP contribution >= 0.6 is 11.3 Å². The molecule has 0 unspecified atom stereocenters. The first-order chi connectivity index (χ1) is 7.68. The highest BCUT2D eigenvalue weighted by atomic mass is 32.1. The van der Waals surface area contributed by atoms with Crippen molar-refractivity contribution < 1.29 is 4.79 Å². The van der Waals surface area contributed by atoms with Crippen LogP contribution in [0.15, 0.2) is 23.3 Å². The van der Waals surface area contributed by atoms with Gasteiger partial charge in [-0.2, -0.15) is 0 Å². The van der Waals surface area contributed by atoms with Gasteiger partial charge in [0.1, 0.15) is 5.01 Å². The van der Waals surface area contributed by atoms with E-state index >= 15 is 0 Å². The van der Waals surface area contributed by atoms with E-state index < -0.39 is 0 Å². The van der Waals surface area contributed by atoms with Gasteiger partial charge >= 0.3 is 0 Å². The number of aliphatic imine (C=N–C) groups is 1. The van der Waals surface area contributed by atoms with E-state index in [1.54, 1.807) is 19.3 Å². The first-order valence-corrected chi connectivity index (χ1v) is 5.87. The number of hydrogen-bond acceptors (Lipinski definition) is 4. The van der Waals surface area contributed by atoms with Gasteiger partial charge < -0.3 is 0 Å². The van der Waals surface area contributed by atoms with E-state index in [4.69, 9.17) is 0 Å². The zero-order valence-electron chi connectivity index (χ0n) is 9.23. The second-order valence-electron chi connectivity index (χ2n) is 3.55. The molecule has 0 atom stereocenters. The Morgan fingerprint density at radius 3 is 3.00 bits per heavy atom. The first kappa shape index (κ1) is 11.0. The van der Waals surface area contributed by atoms with Gasteiger partial charge in [0, 0.05) is 24.9 Å². The molecule has 1 aromatic rings. The number of carbonyl (C=O) groups excluding carboxylic acids is 1. The molecule has 0 bridgehead atoms. The fourth-order valence-corrected chi connectivity index (χ4v) is 2.45. The molecule has 1 aromatic heterocycles. The van der Waals surface area contributed by atoms with E-state index in [9.17, 15) is 4.79 Å². The molecular formula is C12H12N2OS. The van der Waals surface area contributed by atoms with Crippen molar-refractivity contribution in [1.82, 2.24) is 4.98 Å². The molecule has 0 N–H and O–H groups in total. The van der Waals surface area contributed by atoms with Gasteiger partial charge in [-0.15, -0.1) is 11.3 Å². The smallest absolute Gasteiger partial charge is 0.171 e. The van der Waals surface area contributed by atoms with E-state index in [0.717, 1.165) is 27.6 Å². The number of Topliss-reactive ketones (excluding diaryl/α,β-unsaturated/α-hetero) is 1. The van der Waals surface area contributed by atoms with E-state index in [1.165, 1.54) is 11.3 Å². The van der Waals surface area contributed by atoms with Gasteiger partial charge in [0.15, 0.2) is 5.78 Å². The van der Waals surface area contributed by atoms with Gasteiger partial charge in [-0.25, -0.2) is 4.98 Å². The Balaban J connectivity index is 2.38. The monoisotopic (exact) mass is 232 g/mol. The highest BCUT2D eigenvalue weighted by molar-refractivity contribution is 7.15. The van der Waals surface area contributed by atoms with Crippen molar-refractivity contribution in [3.63, 3.8) is 0 Å². The van der Waals surface area contributed by atoms with Gasteiger partial charge in [-0.1, -0.05) is 12.2 Å². The van der Waals surface area contributed by atoms with Crippen molar-refractivity contribution in [2.75, 3.05) is 0 Å². The first-order valence-electron chi connectivity index (χ1n) is 5.05. The van der Waals surface area contributed by atoms with Gasteiger partial charge in [0.25, 0.3) is 0 Å². The van der Waals surface area contributed by atoms with Crippen LogP contribution in [0.3, 0.4) is 0 Å². The highest BCUT2D eigenvalue weighted by Crippen LogP contribution is 2.25. The zero-order valence-corrected chi connectivity index (χ0v) is 10.0. The van der Waals surface area contributed by atoms with Crippen molar-refractivity contribution in [3.05, 3.63) is 33.9 Å². The Bertz CT molecular complexity index is 509. The summed E-state index contributed by atoms with van der Waals surface area (Å²) in [5.74, 6) is 0.0746. The van der Waals surface area contributed by atoms with E-state index in [-0.39, 0.29) is 5.78 Å². The number of nitrogens with zero attached hydrogens (tertiary/aromatic N) is 2. The maximum Gasteiger partial charge on any atom is 0.171 e. The number of ketones is 1. The maximum atomic E-state index is 11.3. The number of aryl methyl sites for hydroxylation is 1. The van der Waals surface area contributed by atoms with Crippen LogP contribution in [0, 0.1) is 6.92 Å². The van der Waals surface area contributed by atoms with Crippen molar-refractivity contribution in [2.24, 2.45) is 4.99 Å². The summed E-state index contributed by atoms with van der Waals surface area (Å²) in [5, 5.41) is 0.871. The molecule has 0 spiro atoms. The van der Waals surface area contributed by atoms with E-state index in [0.29, 0.717) is 0 Å². The summed E-state index contributed by atoms with van der Waals surface area (Å²) in [6, 6.07) is 0. The van der Waals surface area contributed by atoms with Crippen LogP contribution in [0.25, 0.3) is 5.57 Å². The van der Waals surface area contributed by atoms with Gasteiger partial charge in [-0.05, 0) is 13.3 Å². The molecule has 16 heavy (non-hydrogen) atoms. The number of hydrogen-bond donors (Lipinski definition) is 0. The van der Waals surface area contributed by atoms with Gasteiger partial charge in [0.05, 0.1) is 10.6 Å². The Morgan fingerprint density at radius 2 is 2.31 bits per heavy atom. The molecule has 1 aliphatic heterocycles. The minimum atomic E-state index is 0.0746. The minimum absolute atomic E-state index is 0.0746. The molecule has 0 fully saturated rings. The van der Waals surface area contributed by atoms with Crippen LogP contribution in [0.1, 0.15) is 33.7 Å². The fraction of sp³-hybridized carbons (Fsp3) is 0.250. The number of aromatic nitrogens is 1. The molecule has 0 aliphatic carbocycles. The average Bonchev–Trinajstić information content (AvgIpc) is 2.50. The summed E-state index contributed by atoms with van der Waals surface area (Å²) in [6.07, 6.45) is 8.45. The Labute approximate surface area is 98.2 Å². The lowest BCUT2D eigenvalue weighted by molar-refractivity contribution is 0.102. The second kappa shape index (κ2) is 4.53. The number of carbonyl (C=O) groups is 1. The summed E-state index contributed by atoms with van der Waals surface area (Å²) >= 11 is 1.44. The lowest BCUT2D eigenvalue weighted by atomic mass is 10.2. The molecule has 2 rings (SSSR count). The quantitative estimate of drug-likeness (QED) is 0.735. The van der Waals surface area contributed by atoms with Crippen molar-refractivity contribution in [1.29, 1.82) is 0 Å². The molecule has 0 saturated carbocycles. The Hall–Kier alpha value is -1.55. The molecule has 1 aliphatic rings. The Kier molecular flexibility index (Phi) is 3.10. The van der Waals surface area contributed by atoms with Gasteiger partial charge in [0.2, 0.25) is 0 Å². The molecule has 0 aromatic carbocycles. The van der Waals surface area contributed by atoms with Crippen molar-refractivity contribution in [2.45, 2.75) is 20.3 Å². The second-order valence-corrected chi connectivity index (χ2v) is 4.55. The number of allylic oxidation sites excluding steroid dienone is 3. The summed E-state index contributed by atoms with van der Waals surface area (Å²) in [7, 11) is 0. The number of thiazole rings is 1. The fourth-order valence-electron chi connectivity index (χ4n) is 1.48. The summed E-state index contributed by atoms with van der Waals surface area (Å²) < 4.78 is 0. The average molecular weight is 232 g/mol. The van der Waals surface area contributed by atoms with Gasteiger partial charge in [-0.3, -0.25) is 9.79 Å². The Morgan fingerprint density at radius 1 is 1.50 bits per heavy atom. The third-order valence-electron chi connectivity index (χ3n) is 2.24. The molecular weight excluding hydrogens is 220 g/mol. The van der Waals surface area contributed by atoms with Crippen LogP contribution in [-0.4, -0.2) is 17.0 Å². The third-order valence-corrected chi connectivity index (χ3v) is 3.55. The standard InChI is InChI=1S/C12H12N2OS/c1-8-11(9(2)15)16-12(14-8)10-5-3-4-6-13-7-10/h4-7H,3H2,1-2H3. The van der Waals surface area contributed by atoms with E-state index in [1.807, 2.05) is 13.0 Å². The topological polar surface area (TPSA) is 42.3 Å². The van der Waals surface area contributed by atoms with Crippen molar-refractivity contribution in [3.8, 4) is 0 Å². The molecule has 0 amide bonds. The summed E-state index contributed by atoms with van der Waals surface area (Å²) in [6.45, 7) is 3.44. The van der Waals surface area contributed by atoms with Crippen LogP contribution in [0.5, 0.6) is 0 Å². The molecule has 2 heterocycles. The van der Waals surface area contributed by atoms with Crippen molar-refractivity contribution >= 4 is 28.9 Å². The van der Waals surface area contributed by atoms with E-state index in [2.05, 4.69) is 16.1 Å². The third kappa shape index (κ3) is 2.17. The maximum absolute atomic E-state index is 11.3. The lowest BCUT2D eigenvalue weighted by Crippen LogP contribution is -1.89.